The Hall–Kier alpha value is -3.62. The minimum absolute atomic E-state index is 0.366. The predicted molar refractivity (Wildman–Crippen MR) is 141 cm³/mol. The highest BCUT2D eigenvalue weighted by Gasteiger charge is 2.07. The SMILES string of the molecule is Clc1cc(Cl)ncn1.OB(O)c1ccccc1.c1ccc(-c2cc(-c3ccccc3)ncn2)cc1. The maximum atomic E-state index is 8.58. The lowest BCUT2D eigenvalue weighted by atomic mass is 9.81. The van der Waals surface area contributed by atoms with Crippen LogP contribution in [0.3, 0.4) is 0 Å². The monoisotopic (exact) mass is 502 g/mol. The van der Waals surface area contributed by atoms with Crippen molar-refractivity contribution < 1.29 is 10.0 Å². The molecule has 0 fully saturated rings. The standard InChI is InChI=1S/C16H12N2.C6H7BO2.C4H2Cl2N2/c1-3-7-13(8-4-1)15-11-16(18-12-17-15)14-9-5-2-6-10-14;8-7(9)6-4-2-1-3-5-6;5-3-1-4(6)8-2-7-3/h1-12H;1-5,8-9H;1-2H. The second kappa shape index (κ2) is 13.9. The predicted octanol–water partition coefficient (Wildman–Crippen LogP) is 4.96. The molecule has 0 atom stereocenters. The molecule has 5 rings (SSSR count). The zero-order valence-electron chi connectivity index (χ0n) is 18.5. The molecule has 0 saturated heterocycles. The van der Waals surface area contributed by atoms with Gasteiger partial charge < -0.3 is 10.0 Å². The molecule has 35 heavy (non-hydrogen) atoms. The topological polar surface area (TPSA) is 92.0 Å². The van der Waals surface area contributed by atoms with Crippen molar-refractivity contribution in [1.29, 1.82) is 0 Å². The van der Waals surface area contributed by atoms with Gasteiger partial charge in [0.2, 0.25) is 0 Å². The molecule has 2 aromatic heterocycles. The van der Waals surface area contributed by atoms with Gasteiger partial charge >= 0.3 is 7.12 Å². The van der Waals surface area contributed by atoms with Crippen LogP contribution in [0.25, 0.3) is 22.5 Å². The molecule has 0 radical (unpaired) electrons. The molecule has 174 valence electrons. The molecule has 6 nitrogen and oxygen atoms in total. The average Bonchev–Trinajstić information content (AvgIpc) is 2.91. The van der Waals surface area contributed by atoms with E-state index in [1.807, 2.05) is 48.5 Å². The van der Waals surface area contributed by atoms with E-state index in [-0.39, 0.29) is 0 Å². The van der Waals surface area contributed by atoms with Gasteiger partial charge in [-0.2, -0.15) is 0 Å². The zero-order valence-corrected chi connectivity index (χ0v) is 20.0. The molecular weight excluding hydrogens is 482 g/mol. The summed E-state index contributed by atoms with van der Waals surface area (Å²) in [5.74, 6) is 0. The number of halogens is 2. The van der Waals surface area contributed by atoms with Crippen molar-refractivity contribution in [2.75, 3.05) is 0 Å². The van der Waals surface area contributed by atoms with E-state index < -0.39 is 7.12 Å². The van der Waals surface area contributed by atoms with Gasteiger partial charge in [-0.1, -0.05) is 114 Å². The Morgan fingerprint density at radius 1 is 0.514 bits per heavy atom. The molecule has 0 spiro atoms. The van der Waals surface area contributed by atoms with E-state index in [1.165, 1.54) is 12.4 Å². The van der Waals surface area contributed by atoms with Crippen molar-refractivity contribution in [1.82, 2.24) is 19.9 Å². The second-order valence-electron chi connectivity index (χ2n) is 6.97. The molecule has 0 aliphatic heterocycles. The van der Waals surface area contributed by atoms with Gasteiger partial charge in [-0.25, -0.2) is 19.9 Å². The molecule has 0 amide bonds. The summed E-state index contributed by atoms with van der Waals surface area (Å²) in [6.07, 6.45) is 2.93. The van der Waals surface area contributed by atoms with Gasteiger partial charge in [0.15, 0.2) is 0 Å². The molecule has 3 aromatic carbocycles. The van der Waals surface area contributed by atoms with Gasteiger partial charge in [0.25, 0.3) is 0 Å². The van der Waals surface area contributed by atoms with Gasteiger partial charge in [-0.05, 0) is 11.5 Å². The van der Waals surface area contributed by atoms with Crippen molar-refractivity contribution in [3.63, 3.8) is 0 Å². The van der Waals surface area contributed by atoms with Crippen LogP contribution in [-0.4, -0.2) is 37.1 Å². The lowest BCUT2D eigenvalue weighted by Gasteiger charge is -2.03. The Morgan fingerprint density at radius 2 is 0.914 bits per heavy atom. The zero-order chi connectivity index (χ0) is 24.9. The Bertz CT molecular complexity index is 1230. The molecule has 0 aliphatic rings. The van der Waals surface area contributed by atoms with Crippen LogP contribution in [0.1, 0.15) is 0 Å². The number of rotatable bonds is 3. The quantitative estimate of drug-likeness (QED) is 0.267. The maximum absolute atomic E-state index is 8.58. The van der Waals surface area contributed by atoms with E-state index in [4.69, 9.17) is 33.2 Å². The molecule has 2 heterocycles. The first-order chi connectivity index (χ1) is 17.0. The summed E-state index contributed by atoms with van der Waals surface area (Å²) in [6.45, 7) is 0. The number of aromatic nitrogens is 4. The number of hydrogen-bond donors (Lipinski definition) is 2. The van der Waals surface area contributed by atoms with Crippen molar-refractivity contribution in [3.8, 4) is 22.5 Å². The summed E-state index contributed by atoms with van der Waals surface area (Å²) in [5, 5.41) is 17.9. The van der Waals surface area contributed by atoms with Crippen LogP contribution >= 0.6 is 23.2 Å². The molecule has 2 N–H and O–H groups in total. The van der Waals surface area contributed by atoms with E-state index in [0.29, 0.717) is 15.8 Å². The molecule has 0 unspecified atom stereocenters. The Morgan fingerprint density at radius 3 is 1.26 bits per heavy atom. The fourth-order valence-corrected chi connectivity index (χ4v) is 3.18. The average molecular weight is 503 g/mol. The number of benzene rings is 3. The summed E-state index contributed by atoms with van der Waals surface area (Å²) in [4.78, 5) is 15.9. The van der Waals surface area contributed by atoms with Gasteiger partial charge in [-0.15, -0.1) is 0 Å². The molecular formula is C26H21BCl2N4O2. The Kier molecular flexibility index (Phi) is 10.4. The highest BCUT2D eigenvalue weighted by atomic mass is 35.5. The van der Waals surface area contributed by atoms with Gasteiger partial charge in [0, 0.05) is 17.2 Å². The summed E-state index contributed by atoms with van der Waals surface area (Å²) >= 11 is 10.8. The van der Waals surface area contributed by atoms with E-state index in [9.17, 15) is 0 Å². The third kappa shape index (κ3) is 8.92. The van der Waals surface area contributed by atoms with E-state index in [0.717, 1.165) is 22.5 Å². The fourth-order valence-electron chi connectivity index (χ4n) is 2.83. The van der Waals surface area contributed by atoms with Crippen molar-refractivity contribution in [2.24, 2.45) is 0 Å². The number of hydrogen-bond acceptors (Lipinski definition) is 6. The molecule has 0 saturated carbocycles. The summed E-state index contributed by atoms with van der Waals surface area (Å²) in [7, 11) is -1.34. The lowest BCUT2D eigenvalue weighted by molar-refractivity contribution is 0.426. The second-order valence-corrected chi connectivity index (χ2v) is 7.74. The smallest absolute Gasteiger partial charge is 0.423 e. The van der Waals surface area contributed by atoms with E-state index in [1.54, 1.807) is 30.6 Å². The summed E-state index contributed by atoms with van der Waals surface area (Å²) in [6, 6.07) is 32.4. The maximum Gasteiger partial charge on any atom is 0.488 e. The summed E-state index contributed by atoms with van der Waals surface area (Å²) < 4.78 is 0. The minimum Gasteiger partial charge on any atom is -0.423 e. The van der Waals surface area contributed by atoms with Crippen LogP contribution in [0.2, 0.25) is 10.3 Å². The Labute approximate surface area is 214 Å². The van der Waals surface area contributed by atoms with Crippen molar-refractivity contribution in [3.05, 3.63) is 126 Å². The lowest BCUT2D eigenvalue weighted by Crippen LogP contribution is -2.29. The fraction of sp³-hybridized carbons (Fsp3) is 0. The third-order valence-corrected chi connectivity index (χ3v) is 4.92. The highest BCUT2D eigenvalue weighted by Crippen LogP contribution is 2.22. The minimum atomic E-state index is -1.34. The summed E-state index contributed by atoms with van der Waals surface area (Å²) in [5.41, 5.74) is 4.64. The van der Waals surface area contributed by atoms with E-state index >= 15 is 0 Å². The molecule has 0 aliphatic carbocycles. The van der Waals surface area contributed by atoms with Crippen LogP contribution in [-0.2, 0) is 0 Å². The molecule has 9 heteroatoms. The van der Waals surface area contributed by atoms with Crippen LogP contribution in [0, 0.1) is 0 Å². The largest absolute Gasteiger partial charge is 0.488 e. The van der Waals surface area contributed by atoms with Crippen LogP contribution in [0.4, 0.5) is 0 Å². The van der Waals surface area contributed by atoms with Gasteiger partial charge in [0.1, 0.15) is 23.0 Å². The van der Waals surface area contributed by atoms with Gasteiger partial charge in [0.05, 0.1) is 11.4 Å². The first kappa shape index (κ1) is 26.0. The van der Waals surface area contributed by atoms with Crippen molar-refractivity contribution >= 4 is 35.8 Å². The first-order valence-electron chi connectivity index (χ1n) is 10.5. The van der Waals surface area contributed by atoms with Crippen LogP contribution < -0.4 is 5.46 Å². The molecule has 0 bridgehead atoms. The van der Waals surface area contributed by atoms with Crippen molar-refractivity contribution in [2.45, 2.75) is 0 Å². The van der Waals surface area contributed by atoms with Gasteiger partial charge in [-0.3, -0.25) is 0 Å². The Balaban J connectivity index is 0.000000168. The number of nitrogens with zero attached hydrogens (tertiary/aromatic N) is 4. The molecule has 5 aromatic rings. The van der Waals surface area contributed by atoms with Crippen LogP contribution in [0.5, 0.6) is 0 Å². The normalized spacial score (nSPS) is 9.71. The first-order valence-corrected chi connectivity index (χ1v) is 11.3. The van der Waals surface area contributed by atoms with Crippen LogP contribution in [0.15, 0.2) is 116 Å². The highest BCUT2D eigenvalue weighted by molar-refractivity contribution is 6.58. The third-order valence-electron chi connectivity index (χ3n) is 4.50. The van der Waals surface area contributed by atoms with E-state index in [2.05, 4.69) is 44.2 Å².